The van der Waals surface area contributed by atoms with Crippen LogP contribution < -0.4 is 5.32 Å². The average molecular weight is 375 g/mol. The van der Waals surface area contributed by atoms with E-state index in [9.17, 15) is 20.0 Å². The minimum absolute atomic E-state index is 0.0390. The highest BCUT2D eigenvalue weighted by Crippen LogP contribution is 2.43. The first kappa shape index (κ1) is 18.9. The second-order valence-electron chi connectivity index (χ2n) is 7.66. The molecule has 1 aromatic rings. The predicted molar refractivity (Wildman–Crippen MR) is 100 cm³/mol. The van der Waals surface area contributed by atoms with Crippen LogP contribution in [0.1, 0.15) is 60.9 Å². The number of hydrogen-bond acceptors (Lipinski definition) is 5. The maximum atomic E-state index is 12.7. The zero-order chi connectivity index (χ0) is 18.7. The fourth-order valence-electron chi connectivity index (χ4n) is 4.29. The van der Waals surface area contributed by atoms with Crippen molar-refractivity contribution in [3.8, 4) is 6.07 Å². The molecule has 0 radical (unpaired) electrons. The fourth-order valence-corrected chi connectivity index (χ4v) is 5.58. The van der Waals surface area contributed by atoms with Crippen molar-refractivity contribution >= 4 is 28.2 Å². The van der Waals surface area contributed by atoms with E-state index in [0.717, 1.165) is 62.1 Å². The van der Waals surface area contributed by atoms with E-state index in [2.05, 4.69) is 16.3 Å². The lowest BCUT2D eigenvalue weighted by molar-refractivity contribution is -0.140. The highest BCUT2D eigenvalue weighted by molar-refractivity contribution is 7.16. The monoisotopic (exact) mass is 375 g/mol. The number of likely N-dealkylation sites (N-methyl/N-ethyl adjacent to an activating group) is 1. The number of anilines is 1. The highest BCUT2D eigenvalue weighted by atomic mass is 32.1. The van der Waals surface area contributed by atoms with Gasteiger partial charge >= 0.3 is 5.97 Å². The molecule has 26 heavy (non-hydrogen) atoms. The van der Waals surface area contributed by atoms with Gasteiger partial charge in [-0.2, -0.15) is 5.26 Å². The molecule has 1 saturated carbocycles. The van der Waals surface area contributed by atoms with E-state index >= 15 is 0 Å². The van der Waals surface area contributed by atoms with Crippen molar-refractivity contribution in [1.82, 2.24) is 4.90 Å². The lowest BCUT2D eigenvalue weighted by Crippen LogP contribution is -2.32. The van der Waals surface area contributed by atoms with Gasteiger partial charge in [-0.05, 0) is 37.3 Å². The Hall–Kier alpha value is -1.91. The van der Waals surface area contributed by atoms with E-state index in [1.54, 1.807) is 0 Å². The van der Waals surface area contributed by atoms with Gasteiger partial charge in [-0.3, -0.25) is 9.59 Å². The van der Waals surface area contributed by atoms with E-state index in [0.29, 0.717) is 10.6 Å². The summed E-state index contributed by atoms with van der Waals surface area (Å²) < 4.78 is 0. The molecule has 7 heteroatoms. The summed E-state index contributed by atoms with van der Waals surface area (Å²) in [6.07, 6.45) is 5.70. The summed E-state index contributed by atoms with van der Waals surface area (Å²) in [7, 11) is 2.05. The molecule has 1 aromatic heterocycles. The molecule has 2 N–H and O–H groups in total. The summed E-state index contributed by atoms with van der Waals surface area (Å²) in [6, 6.07) is 2.25. The van der Waals surface area contributed by atoms with Crippen LogP contribution in [0.15, 0.2) is 0 Å². The molecule has 1 aliphatic carbocycles. The lowest BCUT2D eigenvalue weighted by atomic mass is 9.69. The molecule has 3 rings (SSSR count). The number of thiophene rings is 1. The van der Waals surface area contributed by atoms with Gasteiger partial charge in [0.25, 0.3) is 0 Å². The zero-order valence-electron chi connectivity index (χ0n) is 15.1. The maximum Gasteiger partial charge on any atom is 0.303 e. The Morgan fingerprint density at radius 3 is 2.69 bits per heavy atom. The Labute approximate surface area is 157 Å². The van der Waals surface area contributed by atoms with Gasteiger partial charge in [0.15, 0.2) is 0 Å². The van der Waals surface area contributed by atoms with Crippen LogP contribution in [0.2, 0.25) is 0 Å². The van der Waals surface area contributed by atoms with Gasteiger partial charge in [0.2, 0.25) is 5.91 Å². The number of hydrogen-bond donors (Lipinski definition) is 2. The number of nitrogens with one attached hydrogen (secondary N) is 1. The highest BCUT2D eigenvalue weighted by Gasteiger charge is 2.37. The van der Waals surface area contributed by atoms with Crippen molar-refractivity contribution in [2.75, 3.05) is 18.9 Å². The molecule has 0 aromatic carbocycles. The van der Waals surface area contributed by atoms with Gasteiger partial charge in [-0.25, -0.2) is 0 Å². The number of nitrogens with zero attached hydrogens (tertiary/aromatic N) is 2. The van der Waals surface area contributed by atoms with E-state index in [-0.39, 0.29) is 18.7 Å². The minimum Gasteiger partial charge on any atom is -0.481 e. The second-order valence-corrected chi connectivity index (χ2v) is 8.77. The maximum absolute atomic E-state index is 12.7. The molecule has 140 valence electrons. The third-order valence-electron chi connectivity index (χ3n) is 5.59. The normalized spacial score (nSPS) is 19.4. The largest absolute Gasteiger partial charge is 0.481 e. The van der Waals surface area contributed by atoms with Crippen LogP contribution in [-0.4, -0.2) is 35.5 Å². The van der Waals surface area contributed by atoms with Gasteiger partial charge in [0, 0.05) is 24.4 Å². The van der Waals surface area contributed by atoms with Crippen molar-refractivity contribution in [3.05, 3.63) is 16.0 Å². The molecule has 0 bridgehead atoms. The molecule has 1 amide bonds. The topological polar surface area (TPSA) is 93.4 Å². The molecular weight excluding hydrogens is 350 g/mol. The first-order chi connectivity index (χ1) is 12.4. The van der Waals surface area contributed by atoms with Crippen molar-refractivity contribution in [2.45, 2.75) is 57.9 Å². The second kappa shape index (κ2) is 7.77. The summed E-state index contributed by atoms with van der Waals surface area (Å²) in [5, 5.41) is 22.4. The summed E-state index contributed by atoms with van der Waals surface area (Å²) in [5.41, 5.74) is 1.20. The van der Waals surface area contributed by atoms with Crippen LogP contribution >= 0.6 is 11.3 Å². The van der Waals surface area contributed by atoms with Crippen molar-refractivity contribution in [1.29, 1.82) is 5.26 Å². The molecule has 0 saturated heterocycles. The number of carbonyl (C=O) groups is 2. The summed E-state index contributed by atoms with van der Waals surface area (Å²) >= 11 is 1.48. The standard InChI is InChI=1S/C19H25N3O3S/c1-22-8-5-13-14(11-20)18(26-15(13)12-22)21-16(23)9-19(10-17(24)25)6-3-2-4-7-19/h2-10,12H2,1H3,(H,21,23)(H,24,25). The third-order valence-corrected chi connectivity index (χ3v) is 6.72. The lowest BCUT2D eigenvalue weighted by Gasteiger charge is -2.35. The van der Waals surface area contributed by atoms with Gasteiger partial charge in [-0.15, -0.1) is 11.3 Å². The Kier molecular flexibility index (Phi) is 5.64. The molecule has 0 spiro atoms. The number of carbonyl (C=O) groups excluding carboxylic acids is 1. The summed E-state index contributed by atoms with van der Waals surface area (Å²) in [4.78, 5) is 27.3. The average Bonchev–Trinajstić information content (AvgIpc) is 2.90. The molecule has 0 unspecified atom stereocenters. The minimum atomic E-state index is -0.841. The molecule has 0 atom stereocenters. The van der Waals surface area contributed by atoms with E-state index in [1.165, 1.54) is 11.3 Å². The summed E-state index contributed by atoms with van der Waals surface area (Å²) in [6.45, 7) is 1.71. The van der Waals surface area contributed by atoms with Crippen LogP contribution in [0.5, 0.6) is 0 Å². The zero-order valence-corrected chi connectivity index (χ0v) is 16.0. The fraction of sp³-hybridized carbons (Fsp3) is 0.632. The predicted octanol–water partition coefficient (Wildman–Crippen LogP) is 3.36. The van der Waals surface area contributed by atoms with Crippen molar-refractivity contribution < 1.29 is 14.7 Å². The number of fused-ring (bicyclic) bond motifs is 1. The Morgan fingerprint density at radius 2 is 2.04 bits per heavy atom. The number of carboxylic acids is 1. The first-order valence-electron chi connectivity index (χ1n) is 9.17. The molecule has 2 aliphatic rings. The Balaban J connectivity index is 1.75. The molecule has 6 nitrogen and oxygen atoms in total. The van der Waals surface area contributed by atoms with Crippen LogP contribution in [0.4, 0.5) is 5.00 Å². The number of nitriles is 1. The number of rotatable bonds is 5. The first-order valence-corrected chi connectivity index (χ1v) is 9.99. The molecule has 1 fully saturated rings. The van der Waals surface area contributed by atoms with E-state index < -0.39 is 11.4 Å². The molecule has 2 heterocycles. The van der Waals surface area contributed by atoms with Crippen LogP contribution in [0.25, 0.3) is 0 Å². The Morgan fingerprint density at radius 1 is 1.31 bits per heavy atom. The third kappa shape index (κ3) is 4.08. The van der Waals surface area contributed by atoms with Gasteiger partial charge in [0.1, 0.15) is 11.1 Å². The smallest absolute Gasteiger partial charge is 0.303 e. The quantitative estimate of drug-likeness (QED) is 0.823. The van der Waals surface area contributed by atoms with Gasteiger partial charge in [0.05, 0.1) is 12.0 Å². The number of aliphatic carboxylic acids is 1. The van der Waals surface area contributed by atoms with Crippen LogP contribution in [-0.2, 0) is 22.6 Å². The van der Waals surface area contributed by atoms with Gasteiger partial charge in [-0.1, -0.05) is 19.3 Å². The van der Waals surface area contributed by atoms with Crippen molar-refractivity contribution in [3.63, 3.8) is 0 Å². The SMILES string of the molecule is CN1CCc2c(sc(NC(=O)CC3(CC(=O)O)CCCCC3)c2C#N)C1. The number of carboxylic acid groups (broad SMARTS) is 1. The van der Waals surface area contributed by atoms with Crippen molar-refractivity contribution in [2.24, 2.45) is 5.41 Å². The molecule has 1 aliphatic heterocycles. The van der Waals surface area contributed by atoms with Gasteiger partial charge < -0.3 is 15.3 Å². The van der Waals surface area contributed by atoms with E-state index in [1.807, 2.05) is 7.05 Å². The number of amides is 1. The van der Waals surface area contributed by atoms with Crippen LogP contribution in [0, 0.1) is 16.7 Å². The Bertz CT molecular complexity index is 744. The summed E-state index contributed by atoms with van der Waals surface area (Å²) in [5.74, 6) is -1.01. The van der Waals surface area contributed by atoms with E-state index in [4.69, 9.17) is 0 Å². The molecular formula is C19H25N3O3S. The van der Waals surface area contributed by atoms with Crippen LogP contribution in [0.3, 0.4) is 0 Å².